The van der Waals surface area contributed by atoms with Gasteiger partial charge >= 0.3 is 0 Å². The van der Waals surface area contributed by atoms with Crippen molar-refractivity contribution < 1.29 is 27.1 Å². The van der Waals surface area contributed by atoms with Crippen LogP contribution < -0.4 is 19.5 Å². The van der Waals surface area contributed by atoms with Gasteiger partial charge in [0.1, 0.15) is 10.7 Å². The predicted molar refractivity (Wildman–Crippen MR) is 114 cm³/mol. The number of amides is 1. The van der Waals surface area contributed by atoms with Crippen molar-refractivity contribution in [3.8, 4) is 11.5 Å². The molecule has 2 aromatic carbocycles. The molecular weight excluding hydrogens is 425 g/mol. The molecular formula is C21H26FN3O5S. The lowest BCUT2D eigenvalue weighted by Crippen LogP contribution is -2.46. The number of methoxy groups -OCH3 is 2. The molecule has 0 atom stereocenters. The molecule has 0 radical (unpaired) electrons. The van der Waals surface area contributed by atoms with Crippen molar-refractivity contribution in [2.24, 2.45) is 0 Å². The van der Waals surface area contributed by atoms with Crippen molar-refractivity contribution in [2.75, 3.05) is 39.2 Å². The van der Waals surface area contributed by atoms with Gasteiger partial charge in [0.05, 0.1) is 20.8 Å². The number of sulfonamides is 1. The van der Waals surface area contributed by atoms with Gasteiger partial charge in [-0.15, -0.1) is 0 Å². The third-order valence-electron chi connectivity index (χ3n) is 5.06. The summed E-state index contributed by atoms with van der Waals surface area (Å²) in [6, 6.07) is 10.9. The highest BCUT2D eigenvalue weighted by molar-refractivity contribution is 7.89. The third-order valence-corrected chi connectivity index (χ3v) is 6.60. The molecule has 168 valence electrons. The first-order valence-corrected chi connectivity index (χ1v) is 11.3. The second-order valence-electron chi connectivity index (χ2n) is 7.22. The number of carbonyl (C=O) groups is 1. The number of anilines is 1. The number of halogens is 1. The van der Waals surface area contributed by atoms with Crippen molar-refractivity contribution >= 4 is 21.6 Å². The van der Waals surface area contributed by atoms with E-state index >= 15 is 0 Å². The minimum atomic E-state index is -4.09. The van der Waals surface area contributed by atoms with E-state index in [1.54, 1.807) is 0 Å². The van der Waals surface area contributed by atoms with Gasteiger partial charge in [0, 0.05) is 37.0 Å². The fraction of sp³-hybridized carbons (Fsp3) is 0.381. The van der Waals surface area contributed by atoms with Crippen LogP contribution >= 0.6 is 0 Å². The molecule has 3 rings (SSSR count). The molecule has 1 saturated heterocycles. The smallest absolute Gasteiger partial charge is 0.243 e. The van der Waals surface area contributed by atoms with E-state index in [4.69, 9.17) is 9.47 Å². The van der Waals surface area contributed by atoms with Crippen LogP contribution in [0, 0.1) is 5.82 Å². The molecule has 0 aliphatic carbocycles. The number of carbonyl (C=O) groups excluding carboxylic acids is 1. The molecule has 31 heavy (non-hydrogen) atoms. The van der Waals surface area contributed by atoms with Gasteiger partial charge < -0.3 is 14.8 Å². The highest BCUT2D eigenvalue weighted by Gasteiger charge is 2.28. The molecule has 2 N–H and O–H groups in total. The quantitative estimate of drug-likeness (QED) is 0.639. The highest BCUT2D eigenvalue weighted by Crippen LogP contribution is 2.32. The van der Waals surface area contributed by atoms with Crippen molar-refractivity contribution in [1.29, 1.82) is 0 Å². The van der Waals surface area contributed by atoms with Gasteiger partial charge in [0.25, 0.3) is 0 Å². The summed E-state index contributed by atoms with van der Waals surface area (Å²) in [6.45, 7) is 1.31. The largest absolute Gasteiger partial charge is 0.493 e. The molecule has 1 amide bonds. The second kappa shape index (κ2) is 10.1. The molecule has 1 fully saturated rings. The molecule has 0 saturated carbocycles. The summed E-state index contributed by atoms with van der Waals surface area (Å²) in [5.74, 6) is -0.803. The Morgan fingerprint density at radius 3 is 2.32 bits per heavy atom. The summed E-state index contributed by atoms with van der Waals surface area (Å²) >= 11 is 0. The molecule has 0 unspecified atom stereocenters. The summed E-state index contributed by atoms with van der Waals surface area (Å²) in [4.78, 5) is 13.7. The van der Waals surface area contributed by atoms with E-state index in [1.807, 2.05) is 35.2 Å². The number of rotatable bonds is 8. The summed E-state index contributed by atoms with van der Waals surface area (Å²) in [6.07, 6.45) is 1.01. The third kappa shape index (κ3) is 5.93. The van der Waals surface area contributed by atoms with Gasteiger partial charge in [-0.05, 0) is 25.0 Å². The van der Waals surface area contributed by atoms with E-state index in [0.717, 1.165) is 17.8 Å². The van der Waals surface area contributed by atoms with Gasteiger partial charge in [-0.25, -0.2) is 17.5 Å². The Labute approximate surface area is 181 Å². The van der Waals surface area contributed by atoms with E-state index in [-0.39, 0.29) is 30.0 Å². The van der Waals surface area contributed by atoms with Crippen molar-refractivity contribution in [3.63, 3.8) is 0 Å². The Morgan fingerprint density at radius 1 is 1.10 bits per heavy atom. The van der Waals surface area contributed by atoms with Gasteiger partial charge in [0.2, 0.25) is 15.9 Å². The van der Waals surface area contributed by atoms with Gasteiger partial charge in [-0.3, -0.25) is 9.69 Å². The fourth-order valence-electron chi connectivity index (χ4n) is 3.46. The fourth-order valence-corrected chi connectivity index (χ4v) is 4.84. The standard InChI is InChI=1S/C21H26FN3O5S/c1-29-18-12-17(22)20(13-19(18)30-2)31(27,28)24-16-8-10-25(11-9-16)14-21(26)23-15-6-4-3-5-7-15/h3-7,12-13,16,24H,8-11,14H2,1-2H3,(H,23,26). The average molecular weight is 452 g/mol. The Kier molecular flexibility index (Phi) is 7.47. The average Bonchev–Trinajstić information content (AvgIpc) is 2.75. The molecule has 1 aliphatic rings. The zero-order valence-corrected chi connectivity index (χ0v) is 18.2. The summed E-state index contributed by atoms with van der Waals surface area (Å²) < 4.78 is 52.5. The molecule has 10 heteroatoms. The Morgan fingerprint density at radius 2 is 1.71 bits per heavy atom. The molecule has 8 nitrogen and oxygen atoms in total. The maximum atomic E-state index is 14.4. The van der Waals surface area contributed by atoms with Crippen molar-refractivity contribution in [2.45, 2.75) is 23.8 Å². The molecule has 0 aromatic heterocycles. The van der Waals surface area contributed by atoms with Crippen LogP contribution in [0.3, 0.4) is 0 Å². The number of hydrogen-bond acceptors (Lipinski definition) is 6. The summed E-state index contributed by atoms with van der Waals surface area (Å²) in [7, 11) is -1.39. The number of nitrogens with one attached hydrogen (secondary N) is 2. The molecule has 1 heterocycles. The first kappa shape index (κ1) is 23.0. The number of likely N-dealkylation sites (tertiary alicyclic amines) is 1. The Hall–Kier alpha value is -2.69. The zero-order chi connectivity index (χ0) is 22.4. The summed E-state index contributed by atoms with van der Waals surface area (Å²) in [5, 5.41) is 2.83. The number of benzene rings is 2. The number of ether oxygens (including phenoxy) is 2. The first-order chi connectivity index (χ1) is 14.8. The van der Waals surface area contributed by atoms with Crippen LogP contribution in [0.5, 0.6) is 11.5 Å². The zero-order valence-electron chi connectivity index (χ0n) is 17.4. The number of hydrogen-bond donors (Lipinski definition) is 2. The highest BCUT2D eigenvalue weighted by atomic mass is 32.2. The first-order valence-electron chi connectivity index (χ1n) is 9.83. The minimum Gasteiger partial charge on any atom is -0.493 e. The van der Waals surface area contributed by atoms with Crippen LogP contribution in [0.4, 0.5) is 10.1 Å². The van der Waals surface area contributed by atoms with E-state index in [1.165, 1.54) is 14.2 Å². The lowest BCUT2D eigenvalue weighted by Gasteiger charge is -2.31. The van der Waals surface area contributed by atoms with Crippen LogP contribution in [0.25, 0.3) is 0 Å². The van der Waals surface area contributed by atoms with E-state index in [0.29, 0.717) is 25.9 Å². The van der Waals surface area contributed by atoms with Crippen LogP contribution in [0.1, 0.15) is 12.8 Å². The lowest BCUT2D eigenvalue weighted by molar-refractivity contribution is -0.117. The molecule has 0 spiro atoms. The van der Waals surface area contributed by atoms with E-state index in [9.17, 15) is 17.6 Å². The normalized spacial score (nSPS) is 15.5. The van der Waals surface area contributed by atoms with Gasteiger partial charge in [0.15, 0.2) is 11.5 Å². The van der Waals surface area contributed by atoms with Crippen LogP contribution in [0.2, 0.25) is 0 Å². The lowest BCUT2D eigenvalue weighted by atomic mass is 10.1. The maximum absolute atomic E-state index is 14.4. The van der Waals surface area contributed by atoms with Crippen molar-refractivity contribution in [3.05, 3.63) is 48.3 Å². The predicted octanol–water partition coefficient (Wildman–Crippen LogP) is 2.22. The van der Waals surface area contributed by atoms with Gasteiger partial charge in [-0.1, -0.05) is 18.2 Å². The molecule has 2 aromatic rings. The molecule has 0 bridgehead atoms. The number of piperidine rings is 1. The van der Waals surface area contributed by atoms with Crippen LogP contribution in [0.15, 0.2) is 47.4 Å². The number of para-hydroxylation sites is 1. The topological polar surface area (TPSA) is 97.0 Å². The van der Waals surface area contributed by atoms with E-state index in [2.05, 4.69) is 10.0 Å². The van der Waals surface area contributed by atoms with Crippen molar-refractivity contribution in [1.82, 2.24) is 9.62 Å². The SMILES string of the molecule is COc1cc(F)c(S(=O)(=O)NC2CCN(CC(=O)Nc3ccccc3)CC2)cc1OC. The number of nitrogens with zero attached hydrogens (tertiary/aromatic N) is 1. The van der Waals surface area contributed by atoms with Crippen LogP contribution in [-0.2, 0) is 14.8 Å². The van der Waals surface area contributed by atoms with Crippen LogP contribution in [-0.4, -0.2) is 59.1 Å². The molecule has 1 aliphatic heterocycles. The second-order valence-corrected chi connectivity index (χ2v) is 8.91. The minimum absolute atomic E-state index is 0.112. The van der Waals surface area contributed by atoms with Gasteiger partial charge in [-0.2, -0.15) is 0 Å². The Bertz CT molecular complexity index is 1010. The maximum Gasteiger partial charge on any atom is 0.243 e. The van der Waals surface area contributed by atoms with E-state index < -0.39 is 20.7 Å². The monoisotopic (exact) mass is 451 g/mol. The Balaban J connectivity index is 1.56. The summed E-state index contributed by atoms with van der Waals surface area (Å²) in [5.41, 5.74) is 0.729.